The molecule has 1 aliphatic rings. The quantitative estimate of drug-likeness (QED) is 0.584. The molecule has 0 amide bonds. The molecule has 1 fully saturated rings. The number of benzene rings is 2. The zero-order chi connectivity index (χ0) is 19.6. The summed E-state index contributed by atoms with van der Waals surface area (Å²) < 4.78 is 24.2. The Labute approximate surface area is 163 Å². The van der Waals surface area contributed by atoms with E-state index in [1.54, 1.807) is 6.07 Å². The summed E-state index contributed by atoms with van der Waals surface area (Å²) in [4.78, 5) is -0.0293. The van der Waals surface area contributed by atoms with Crippen LogP contribution in [0.1, 0.15) is 31.2 Å². The third kappa shape index (κ3) is 3.96. The molecule has 0 spiro atoms. The molecule has 8 nitrogen and oxygen atoms in total. The number of hydrogen-bond donors (Lipinski definition) is 3. The summed E-state index contributed by atoms with van der Waals surface area (Å²) >= 11 is 0. The molecule has 0 bridgehead atoms. The third-order valence-electron chi connectivity index (χ3n) is 5.12. The van der Waals surface area contributed by atoms with E-state index in [1.165, 1.54) is 37.3 Å². The van der Waals surface area contributed by atoms with Crippen LogP contribution in [-0.4, -0.2) is 35.1 Å². The highest BCUT2D eigenvalue weighted by atomic mass is 32.2. The Morgan fingerprint density at radius 1 is 1.11 bits per heavy atom. The number of primary sulfonamides is 1. The van der Waals surface area contributed by atoms with E-state index in [0.717, 1.165) is 12.1 Å². The number of nitrogens with two attached hydrogens (primary N) is 1. The Bertz CT molecular complexity index is 1040. The van der Waals surface area contributed by atoms with E-state index in [4.69, 9.17) is 5.14 Å². The lowest BCUT2D eigenvalue weighted by molar-refractivity contribution is 0.524. The predicted molar refractivity (Wildman–Crippen MR) is 106 cm³/mol. The minimum absolute atomic E-state index is 0.0293. The summed E-state index contributed by atoms with van der Waals surface area (Å²) in [5.74, 6) is 0.187. The number of nitrogens with one attached hydrogen (secondary N) is 2. The van der Waals surface area contributed by atoms with Gasteiger partial charge in [0, 0.05) is 12.6 Å². The first kappa shape index (κ1) is 18.7. The normalized spacial score (nSPS) is 15.2. The Hall–Kier alpha value is -2.62. The van der Waals surface area contributed by atoms with Gasteiger partial charge in [0.05, 0.1) is 10.5 Å². The molecule has 4 rings (SSSR count). The second-order valence-corrected chi connectivity index (χ2v) is 8.55. The fraction of sp³-hybridized carbons (Fsp3) is 0.316. The van der Waals surface area contributed by atoms with Crippen LogP contribution in [0.2, 0.25) is 0 Å². The summed E-state index contributed by atoms with van der Waals surface area (Å²) in [7, 11) is -3.95. The van der Waals surface area contributed by atoms with Gasteiger partial charge in [-0.3, -0.25) is 0 Å². The van der Waals surface area contributed by atoms with Crippen LogP contribution in [0.25, 0.3) is 22.5 Å². The second-order valence-electron chi connectivity index (χ2n) is 7.02. The van der Waals surface area contributed by atoms with Crippen molar-refractivity contribution in [3.05, 3.63) is 48.0 Å². The maximum absolute atomic E-state index is 12.1. The van der Waals surface area contributed by atoms with Crippen molar-refractivity contribution in [2.24, 2.45) is 5.14 Å². The van der Waals surface area contributed by atoms with Crippen molar-refractivity contribution in [2.45, 2.75) is 43.2 Å². The highest BCUT2D eigenvalue weighted by molar-refractivity contribution is 7.89. The van der Waals surface area contributed by atoms with Crippen LogP contribution in [-0.2, 0) is 16.6 Å². The molecule has 0 radical (unpaired) electrons. The molecule has 0 saturated heterocycles. The van der Waals surface area contributed by atoms with Crippen molar-refractivity contribution in [3.63, 3.8) is 0 Å². The van der Waals surface area contributed by atoms with E-state index in [1.807, 2.05) is 30.3 Å². The lowest BCUT2D eigenvalue weighted by Crippen LogP contribution is -2.25. The van der Waals surface area contributed by atoms with Gasteiger partial charge in [0.1, 0.15) is 0 Å². The maximum atomic E-state index is 12.1. The van der Waals surface area contributed by atoms with E-state index in [-0.39, 0.29) is 10.7 Å². The lowest BCUT2D eigenvalue weighted by Gasteiger charge is -2.13. The van der Waals surface area contributed by atoms with Gasteiger partial charge in [-0.1, -0.05) is 49.2 Å². The molecule has 0 aliphatic heterocycles. The van der Waals surface area contributed by atoms with Crippen LogP contribution in [0.4, 0.5) is 0 Å². The number of tetrazole rings is 1. The molecule has 3 aromatic rings. The third-order valence-corrected chi connectivity index (χ3v) is 6.07. The van der Waals surface area contributed by atoms with Gasteiger partial charge in [0.2, 0.25) is 15.8 Å². The fourth-order valence-electron chi connectivity index (χ4n) is 3.70. The van der Waals surface area contributed by atoms with Crippen molar-refractivity contribution in [1.82, 2.24) is 25.9 Å². The number of aromatic amines is 1. The van der Waals surface area contributed by atoms with E-state index in [0.29, 0.717) is 17.2 Å². The van der Waals surface area contributed by atoms with Gasteiger partial charge in [-0.05, 0) is 40.8 Å². The minimum Gasteiger partial charge on any atom is -0.310 e. The number of H-pyrrole nitrogens is 1. The molecule has 2 aromatic carbocycles. The molecule has 0 unspecified atom stereocenters. The van der Waals surface area contributed by atoms with Crippen LogP contribution in [0.5, 0.6) is 0 Å². The monoisotopic (exact) mass is 398 g/mol. The Morgan fingerprint density at radius 2 is 1.86 bits per heavy atom. The van der Waals surface area contributed by atoms with E-state index >= 15 is 0 Å². The van der Waals surface area contributed by atoms with Crippen LogP contribution in [0.15, 0.2) is 47.4 Å². The van der Waals surface area contributed by atoms with Gasteiger partial charge in [-0.2, -0.15) is 5.21 Å². The molecule has 0 atom stereocenters. The number of hydrogen-bond acceptors (Lipinski definition) is 6. The van der Waals surface area contributed by atoms with E-state index in [2.05, 4.69) is 25.9 Å². The molecule has 1 saturated carbocycles. The van der Waals surface area contributed by atoms with Gasteiger partial charge in [0.25, 0.3) is 0 Å². The summed E-state index contributed by atoms with van der Waals surface area (Å²) in [6.45, 7) is 0.819. The van der Waals surface area contributed by atoms with Crippen LogP contribution in [0, 0.1) is 0 Å². The molecular formula is C19H22N6O2S. The maximum Gasteiger partial charge on any atom is 0.238 e. The summed E-state index contributed by atoms with van der Waals surface area (Å²) in [6, 6.07) is 13.6. The molecule has 9 heteroatoms. The van der Waals surface area contributed by atoms with Crippen molar-refractivity contribution in [1.29, 1.82) is 0 Å². The SMILES string of the molecule is NS(=O)(=O)c1cccc(-c2ccc(CNC3CCCC3)cc2)c1-c1nn[nH]n1. The highest BCUT2D eigenvalue weighted by Gasteiger charge is 2.22. The molecule has 4 N–H and O–H groups in total. The van der Waals surface area contributed by atoms with Gasteiger partial charge in [-0.15, -0.1) is 10.2 Å². The lowest BCUT2D eigenvalue weighted by atomic mass is 9.98. The Morgan fingerprint density at radius 3 is 2.50 bits per heavy atom. The Balaban J connectivity index is 1.67. The van der Waals surface area contributed by atoms with Crippen molar-refractivity contribution >= 4 is 10.0 Å². The van der Waals surface area contributed by atoms with Crippen LogP contribution < -0.4 is 10.5 Å². The molecule has 1 aliphatic carbocycles. The molecular weight excluding hydrogens is 376 g/mol. The average Bonchev–Trinajstić information content (AvgIpc) is 3.39. The van der Waals surface area contributed by atoms with Crippen molar-refractivity contribution in [3.8, 4) is 22.5 Å². The molecule has 1 aromatic heterocycles. The topological polar surface area (TPSA) is 127 Å². The number of sulfonamides is 1. The zero-order valence-corrected chi connectivity index (χ0v) is 16.1. The predicted octanol–water partition coefficient (Wildman–Crippen LogP) is 2.21. The first-order valence-corrected chi connectivity index (χ1v) is 10.8. The van der Waals surface area contributed by atoms with E-state index in [9.17, 15) is 8.42 Å². The largest absolute Gasteiger partial charge is 0.310 e. The minimum atomic E-state index is -3.95. The van der Waals surface area contributed by atoms with Crippen molar-refractivity contribution in [2.75, 3.05) is 0 Å². The molecule has 146 valence electrons. The summed E-state index contributed by atoms with van der Waals surface area (Å²) in [6.07, 6.45) is 5.09. The molecule has 28 heavy (non-hydrogen) atoms. The van der Waals surface area contributed by atoms with Crippen molar-refractivity contribution < 1.29 is 8.42 Å². The van der Waals surface area contributed by atoms with Gasteiger partial charge < -0.3 is 5.32 Å². The van der Waals surface area contributed by atoms with Gasteiger partial charge >= 0.3 is 0 Å². The zero-order valence-electron chi connectivity index (χ0n) is 15.3. The number of nitrogens with zero attached hydrogens (tertiary/aromatic N) is 3. The number of rotatable bonds is 6. The highest BCUT2D eigenvalue weighted by Crippen LogP contribution is 2.34. The Kier molecular flexibility index (Phi) is 5.21. The second kappa shape index (κ2) is 7.78. The standard InChI is InChI=1S/C19H22N6O2S/c20-28(26,27)17-7-3-6-16(18(17)19-22-24-25-23-19)14-10-8-13(9-11-14)12-21-15-4-1-2-5-15/h3,6-11,15,21H,1-2,4-5,12H2,(H2,20,26,27)(H,22,23,24,25). The summed E-state index contributed by atoms with van der Waals surface area (Å²) in [5, 5.41) is 22.8. The average molecular weight is 398 g/mol. The van der Waals surface area contributed by atoms with Gasteiger partial charge in [0.15, 0.2) is 0 Å². The smallest absolute Gasteiger partial charge is 0.238 e. The van der Waals surface area contributed by atoms with Crippen LogP contribution >= 0.6 is 0 Å². The first-order chi connectivity index (χ1) is 13.5. The van der Waals surface area contributed by atoms with Gasteiger partial charge in [-0.25, -0.2) is 13.6 Å². The number of aromatic nitrogens is 4. The molecule has 1 heterocycles. The fourth-order valence-corrected chi connectivity index (χ4v) is 4.46. The van der Waals surface area contributed by atoms with Crippen LogP contribution in [0.3, 0.4) is 0 Å². The first-order valence-electron chi connectivity index (χ1n) is 9.25. The van der Waals surface area contributed by atoms with E-state index < -0.39 is 10.0 Å². The summed E-state index contributed by atoms with van der Waals surface area (Å²) in [5.41, 5.74) is 3.06.